The van der Waals surface area contributed by atoms with Crippen LogP contribution in [-0.2, 0) is 11.3 Å². The molecule has 0 radical (unpaired) electrons. The van der Waals surface area contributed by atoms with E-state index in [9.17, 15) is 18.4 Å². The molecule has 0 aliphatic heterocycles. The van der Waals surface area contributed by atoms with Crippen LogP contribution in [0, 0.1) is 17.6 Å². The van der Waals surface area contributed by atoms with E-state index in [-0.39, 0.29) is 23.9 Å². The number of amides is 2. The van der Waals surface area contributed by atoms with Gasteiger partial charge in [-0.3, -0.25) is 9.59 Å². The van der Waals surface area contributed by atoms with E-state index in [2.05, 4.69) is 20.6 Å². The molecule has 0 unspecified atom stereocenters. The van der Waals surface area contributed by atoms with Crippen LogP contribution in [0.15, 0.2) is 60.8 Å². The van der Waals surface area contributed by atoms with Crippen molar-refractivity contribution >= 4 is 49.4 Å². The number of anilines is 1. The van der Waals surface area contributed by atoms with Crippen LogP contribution in [0.2, 0.25) is 0 Å². The van der Waals surface area contributed by atoms with E-state index < -0.39 is 17.5 Å². The van der Waals surface area contributed by atoms with Gasteiger partial charge in [-0.1, -0.05) is 23.5 Å². The highest BCUT2D eigenvalue weighted by Crippen LogP contribution is 2.34. The second-order valence-electron chi connectivity index (χ2n) is 8.85. The molecular formula is C27H20F2N4O2S. The number of thiazole rings is 1. The van der Waals surface area contributed by atoms with Crippen molar-refractivity contribution < 1.29 is 18.4 Å². The summed E-state index contributed by atoms with van der Waals surface area (Å²) in [6, 6.07) is 14.8. The topological polar surface area (TPSA) is 86.9 Å². The Morgan fingerprint density at radius 1 is 1.03 bits per heavy atom. The van der Waals surface area contributed by atoms with Gasteiger partial charge in [0.05, 0.1) is 15.8 Å². The summed E-state index contributed by atoms with van der Waals surface area (Å²) in [6.45, 7) is -0.129. The number of aromatic nitrogens is 2. The highest BCUT2D eigenvalue weighted by Gasteiger charge is 2.30. The first-order valence-corrected chi connectivity index (χ1v) is 12.3. The molecule has 1 saturated carbocycles. The number of H-pyrrole nitrogens is 1. The van der Waals surface area contributed by atoms with E-state index in [0.717, 1.165) is 57.9 Å². The van der Waals surface area contributed by atoms with Crippen LogP contribution < -0.4 is 10.6 Å². The Morgan fingerprint density at radius 3 is 2.67 bits per heavy atom. The van der Waals surface area contributed by atoms with Gasteiger partial charge in [0.2, 0.25) is 5.91 Å². The Bertz CT molecular complexity index is 1650. The molecule has 1 aliphatic rings. The molecule has 1 fully saturated rings. The molecule has 5 aromatic rings. The Morgan fingerprint density at radius 2 is 1.83 bits per heavy atom. The van der Waals surface area contributed by atoms with E-state index >= 15 is 0 Å². The summed E-state index contributed by atoms with van der Waals surface area (Å²) < 4.78 is 28.3. The quantitative estimate of drug-likeness (QED) is 0.266. The summed E-state index contributed by atoms with van der Waals surface area (Å²) in [7, 11) is 0. The van der Waals surface area contributed by atoms with Gasteiger partial charge in [0.15, 0.2) is 5.13 Å². The molecule has 1 aliphatic carbocycles. The normalized spacial score (nSPS) is 13.3. The maximum Gasteiger partial charge on any atom is 0.253 e. The van der Waals surface area contributed by atoms with Crippen LogP contribution in [0.5, 0.6) is 0 Å². The molecule has 9 heteroatoms. The maximum atomic E-state index is 13.9. The molecule has 0 saturated heterocycles. The average Bonchev–Trinajstić information content (AvgIpc) is 3.52. The van der Waals surface area contributed by atoms with Gasteiger partial charge in [-0.05, 0) is 66.4 Å². The molecule has 0 spiro atoms. The molecule has 2 heterocycles. The first kappa shape index (κ1) is 22.4. The largest absolute Gasteiger partial charge is 0.360 e. The van der Waals surface area contributed by atoms with Gasteiger partial charge in [-0.2, -0.15) is 0 Å². The minimum Gasteiger partial charge on any atom is -0.360 e. The highest BCUT2D eigenvalue weighted by atomic mass is 32.1. The number of carbonyl (C=O) groups is 2. The third-order valence-electron chi connectivity index (χ3n) is 6.27. The second-order valence-corrected chi connectivity index (χ2v) is 9.88. The van der Waals surface area contributed by atoms with Crippen molar-refractivity contribution in [2.45, 2.75) is 19.4 Å². The van der Waals surface area contributed by atoms with Gasteiger partial charge in [-0.25, -0.2) is 13.8 Å². The van der Waals surface area contributed by atoms with Crippen LogP contribution in [0.4, 0.5) is 13.9 Å². The number of aromatic amines is 1. The summed E-state index contributed by atoms with van der Waals surface area (Å²) in [5.74, 6) is -1.39. The summed E-state index contributed by atoms with van der Waals surface area (Å²) in [5.41, 5.74) is 3.93. The number of rotatable bonds is 6. The van der Waals surface area contributed by atoms with E-state index in [1.807, 2.05) is 36.4 Å². The second kappa shape index (κ2) is 8.83. The molecule has 2 aromatic heterocycles. The zero-order valence-electron chi connectivity index (χ0n) is 18.9. The Kier molecular flexibility index (Phi) is 5.49. The third kappa shape index (κ3) is 4.33. The Balaban J connectivity index is 1.25. The molecule has 0 atom stereocenters. The van der Waals surface area contributed by atoms with Gasteiger partial charge >= 0.3 is 0 Å². The number of nitrogens with one attached hydrogen (secondary N) is 3. The molecule has 0 bridgehead atoms. The molecular weight excluding hydrogens is 482 g/mol. The average molecular weight is 503 g/mol. The lowest BCUT2D eigenvalue weighted by atomic mass is 10.0. The van der Waals surface area contributed by atoms with Crippen molar-refractivity contribution in [3.8, 4) is 11.1 Å². The van der Waals surface area contributed by atoms with Crippen molar-refractivity contribution in [2.24, 2.45) is 5.92 Å². The van der Waals surface area contributed by atoms with Gasteiger partial charge in [-0.15, -0.1) is 0 Å². The van der Waals surface area contributed by atoms with Crippen molar-refractivity contribution in [1.82, 2.24) is 15.3 Å². The van der Waals surface area contributed by atoms with Crippen molar-refractivity contribution in [1.29, 1.82) is 0 Å². The number of hydrogen-bond acceptors (Lipinski definition) is 4. The lowest BCUT2D eigenvalue weighted by Gasteiger charge is -2.07. The third-order valence-corrected chi connectivity index (χ3v) is 7.21. The standard InChI is InChI=1S/C27H20F2N4O2S/c28-18-5-6-21(29)17(9-18)12-31-26(35)20-13-30-22-7-3-15(10-19(20)22)16-4-8-23-24(11-16)36-27(32-23)33-25(34)14-1-2-14/h3-11,13-14,30H,1-2,12H2,(H,31,35)(H,32,33,34). The van der Waals surface area contributed by atoms with Crippen LogP contribution >= 0.6 is 11.3 Å². The smallest absolute Gasteiger partial charge is 0.253 e. The first-order chi connectivity index (χ1) is 17.4. The van der Waals surface area contributed by atoms with Crippen LogP contribution in [0.25, 0.3) is 32.2 Å². The lowest BCUT2D eigenvalue weighted by molar-refractivity contribution is -0.117. The fourth-order valence-electron chi connectivity index (χ4n) is 4.15. The van der Waals surface area contributed by atoms with Crippen molar-refractivity contribution in [2.75, 3.05) is 5.32 Å². The fraction of sp³-hybridized carbons (Fsp3) is 0.148. The molecule has 180 valence electrons. The predicted octanol–water partition coefficient (Wildman–Crippen LogP) is 6.00. The SMILES string of the molecule is O=C(NCc1cc(F)ccc1F)c1c[nH]c2ccc(-c3ccc4nc(NC(=O)C5CC5)sc4c3)cc12. The summed E-state index contributed by atoms with van der Waals surface area (Å²) >= 11 is 1.43. The number of fused-ring (bicyclic) bond motifs is 2. The minimum absolute atomic E-state index is 0.0260. The Hall–Kier alpha value is -4.11. The van der Waals surface area contributed by atoms with Crippen LogP contribution in [-0.4, -0.2) is 21.8 Å². The molecule has 3 N–H and O–H groups in total. The zero-order valence-corrected chi connectivity index (χ0v) is 19.7. The molecule has 6 nitrogen and oxygen atoms in total. The van der Waals surface area contributed by atoms with Gasteiger partial charge in [0, 0.05) is 35.1 Å². The van der Waals surface area contributed by atoms with Crippen LogP contribution in [0.3, 0.4) is 0 Å². The van der Waals surface area contributed by atoms with Crippen molar-refractivity contribution in [3.63, 3.8) is 0 Å². The highest BCUT2D eigenvalue weighted by molar-refractivity contribution is 7.22. The summed E-state index contributed by atoms with van der Waals surface area (Å²) in [6.07, 6.45) is 3.47. The predicted molar refractivity (Wildman–Crippen MR) is 136 cm³/mol. The molecule has 3 aromatic carbocycles. The van der Waals surface area contributed by atoms with Gasteiger partial charge in [0.25, 0.3) is 5.91 Å². The minimum atomic E-state index is -0.577. The van der Waals surface area contributed by atoms with E-state index in [1.165, 1.54) is 11.3 Å². The van der Waals surface area contributed by atoms with E-state index in [1.54, 1.807) is 6.20 Å². The number of halogens is 2. The summed E-state index contributed by atoms with van der Waals surface area (Å²) in [4.78, 5) is 32.5. The Labute approximate surface area is 208 Å². The monoisotopic (exact) mass is 502 g/mol. The van der Waals surface area contributed by atoms with Gasteiger partial charge in [0.1, 0.15) is 11.6 Å². The fourth-order valence-corrected chi connectivity index (χ4v) is 5.06. The zero-order chi connectivity index (χ0) is 24.8. The number of benzene rings is 3. The molecule has 6 rings (SSSR count). The number of carbonyl (C=O) groups excluding carboxylic acids is 2. The lowest BCUT2D eigenvalue weighted by Crippen LogP contribution is -2.23. The molecule has 36 heavy (non-hydrogen) atoms. The number of hydrogen-bond donors (Lipinski definition) is 3. The van der Waals surface area contributed by atoms with Gasteiger partial charge < -0.3 is 15.6 Å². The van der Waals surface area contributed by atoms with Crippen LogP contribution in [0.1, 0.15) is 28.8 Å². The van der Waals surface area contributed by atoms with E-state index in [4.69, 9.17) is 0 Å². The van der Waals surface area contributed by atoms with E-state index in [0.29, 0.717) is 16.1 Å². The summed E-state index contributed by atoms with van der Waals surface area (Å²) in [5, 5.41) is 6.87. The number of nitrogens with zero attached hydrogens (tertiary/aromatic N) is 1. The molecule has 2 amide bonds. The van der Waals surface area contributed by atoms with Crippen molar-refractivity contribution in [3.05, 3.63) is 83.6 Å². The first-order valence-electron chi connectivity index (χ1n) is 11.5. The maximum absolute atomic E-state index is 13.9.